The van der Waals surface area contributed by atoms with E-state index in [1.54, 1.807) is 0 Å². The molecule has 0 saturated carbocycles. The van der Waals surface area contributed by atoms with E-state index in [4.69, 9.17) is 11.6 Å². The van der Waals surface area contributed by atoms with Crippen molar-refractivity contribution in [1.29, 1.82) is 0 Å². The molecule has 0 saturated heterocycles. The molecule has 0 bridgehead atoms. The molecular formula is C5H8Cl. The molecule has 0 amide bonds. The van der Waals surface area contributed by atoms with Crippen LogP contribution < -0.4 is 0 Å². The van der Waals surface area contributed by atoms with Crippen molar-refractivity contribution in [3.63, 3.8) is 0 Å². The minimum Gasteiger partial charge on any atom is -0.0895 e. The SMILES string of the molecule is [CH2]C(C)C(=C)Cl. The van der Waals surface area contributed by atoms with Crippen LogP contribution in [0, 0.1) is 12.8 Å². The predicted molar refractivity (Wildman–Crippen MR) is 29.5 cm³/mol. The summed E-state index contributed by atoms with van der Waals surface area (Å²) >= 11 is 5.36. The fourth-order valence-corrected chi connectivity index (χ4v) is 0. The standard InChI is InChI=1S/C5H8Cl/c1-4(2)5(3)6/h4H,1,3H2,2H3. The lowest BCUT2D eigenvalue weighted by atomic mass is 10.2. The Morgan fingerprint density at radius 1 is 1.83 bits per heavy atom. The number of hydrogen-bond acceptors (Lipinski definition) is 0. The van der Waals surface area contributed by atoms with Gasteiger partial charge in [-0.05, 0) is 12.8 Å². The van der Waals surface area contributed by atoms with Gasteiger partial charge >= 0.3 is 0 Å². The first-order valence-corrected chi connectivity index (χ1v) is 2.19. The van der Waals surface area contributed by atoms with Crippen molar-refractivity contribution < 1.29 is 0 Å². The summed E-state index contributed by atoms with van der Waals surface area (Å²) in [6, 6.07) is 0. The lowest BCUT2D eigenvalue weighted by Gasteiger charge is -1.94. The molecule has 6 heavy (non-hydrogen) atoms. The molecule has 0 rings (SSSR count). The van der Waals surface area contributed by atoms with Crippen LogP contribution in [0.1, 0.15) is 6.92 Å². The van der Waals surface area contributed by atoms with Crippen LogP contribution in [0.3, 0.4) is 0 Å². The topological polar surface area (TPSA) is 0 Å². The molecule has 0 fully saturated rings. The van der Waals surface area contributed by atoms with E-state index in [1.165, 1.54) is 0 Å². The molecule has 1 heteroatoms. The van der Waals surface area contributed by atoms with Crippen molar-refractivity contribution in [2.24, 2.45) is 5.92 Å². The van der Waals surface area contributed by atoms with Crippen molar-refractivity contribution in [2.45, 2.75) is 6.92 Å². The van der Waals surface area contributed by atoms with Crippen LogP contribution in [-0.2, 0) is 0 Å². The van der Waals surface area contributed by atoms with E-state index in [0.717, 1.165) is 0 Å². The van der Waals surface area contributed by atoms with Gasteiger partial charge in [0.05, 0.1) is 0 Å². The molecule has 0 heterocycles. The Hall–Kier alpha value is 0.0300. The Labute approximate surface area is 43.8 Å². The summed E-state index contributed by atoms with van der Waals surface area (Å²) in [4.78, 5) is 0. The average molecular weight is 104 g/mol. The van der Waals surface area contributed by atoms with Gasteiger partial charge in [0.2, 0.25) is 0 Å². The van der Waals surface area contributed by atoms with Crippen molar-refractivity contribution in [3.8, 4) is 0 Å². The minimum atomic E-state index is 0.173. The van der Waals surface area contributed by atoms with Crippen LogP contribution in [0.25, 0.3) is 0 Å². The Bertz CT molecular complexity index is 55.0. The summed E-state index contributed by atoms with van der Waals surface area (Å²) in [5, 5.41) is 0.620. The molecule has 0 N–H and O–H groups in total. The van der Waals surface area contributed by atoms with Gasteiger partial charge in [-0.15, -0.1) is 0 Å². The zero-order valence-electron chi connectivity index (χ0n) is 3.87. The van der Waals surface area contributed by atoms with Crippen LogP contribution in [0.4, 0.5) is 0 Å². The van der Waals surface area contributed by atoms with E-state index < -0.39 is 0 Å². The summed E-state index contributed by atoms with van der Waals surface area (Å²) in [7, 11) is 0. The molecule has 0 aromatic heterocycles. The number of hydrogen-bond donors (Lipinski definition) is 0. The fourth-order valence-electron chi connectivity index (χ4n) is 0. The van der Waals surface area contributed by atoms with Crippen molar-refractivity contribution in [1.82, 2.24) is 0 Å². The van der Waals surface area contributed by atoms with Gasteiger partial charge < -0.3 is 0 Å². The molecule has 0 nitrogen and oxygen atoms in total. The maximum Gasteiger partial charge on any atom is 0.0137 e. The van der Waals surface area contributed by atoms with Crippen LogP contribution in [0.15, 0.2) is 11.6 Å². The third-order valence-corrected chi connectivity index (χ3v) is 0.907. The highest BCUT2D eigenvalue weighted by Crippen LogP contribution is 2.08. The Balaban J connectivity index is 3.26. The molecule has 0 aromatic rings. The molecule has 35 valence electrons. The van der Waals surface area contributed by atoms with Gasteiger partial charge in [0.25, 0.3) is 0 Å². The number of halogens is 1. The maximum atomic E-state index is 5.36. The predicted octanol–water partition coefficient (Wildman–Crippen LogP) is 2.21. The summed E-state index contributed by atoms with van der Waals surface area (Å²) < 4.78 is 0. The van der Waals surface area contributed by atoms with Crippen molar-refractivity contribution in [2.75, 3.05) is 0 Å². The lowest BCUT2D eigenvalue weighted by molar-refractivity contribution is 0.918. The summed E-state index contributed by atoms with van der Waals surface area (Å²) in [5.41, 5.74) is 0. The second-order valence-corrected chi connectivity index (χ2v) is 1.83. The molecule has 1 unspecified atom stereocenters. The van der Waals surface area contributed by atoms with E-state index in [2.05, 4.69) is 13.5 Å². The summed E-state index contributed by atoms with van der Waals surface area (Å²) in [6.07, 6.45) is 0. The monoisotopic (exact) mass is 103 g/mol. The number of rotatable bonds is 1. The Morgan fingerprint density at radius 2 is 2.00 bits per heavy atom. The Morgan fingerprint density at radius 3 is 2.00 bits per heavy atom. The molecule has 0 aromatic carbocycles. The molecule has 1 atom stereocenters. The fraction of sp³-hybridized carbons (Fsp3) is 0.400. The molecule has 0 aliphatic rings. The lowest BCUT2D eigenvalue weighted by Crippen LogP contribution is -1.81. The van der Waals surface area contributed by atoms with Gasteiger partial charge in [0.15, 0.2) is 0 Å². The zero-order chi connectivity index (χ0) is 5.15. The van der Waals surface area contributed by atoms with Gasteiger partial charge in [-0.1, -0.05) is 25.1 Å². The average Bonchev–Trinajstić information content (AvgIpc) is 1.36. The molecule has 0 aliphatic carbocycles. The summed E-state index contributed by atoms with van der Waals surface area (Å²) in [6.45, 7) is 8.96. The molecule has 0 aliphatic heterocycles. The van der Waals surface area contributed by atoms with Crippen LogP contribution >= 0.6 is 11.6 Å². The van der Waals surface area contributed by atoms with Crippen molar-refractivity contribution in [3.05, 3.63) is 18.5 Å². The smallest absolute Gasteiger partial charge is 0.0137 e. The van der Waals surface area contributed by atoms with Crippen LogP contribution in [0.5, 0.6) is 0 Å². The minimum absolute atomic E-state index is 0.173. The van der Waals surface area contributed by atoms with Crippen molar-refractivity contribution >= 4 is 11.6 Å². The molecular weight excluding hydrogens is 95.5 g/mol. The van der Waals surface area contributed by atoms with E-state index in [-0.39, 0.29) is 5.92 Å². The first-order chi connectivity index (χ1) is 2.64. The van der Waals surface area contributed by atoms with E-state index in [9.17, 15) is 0 Å². The van der Waals surface area contributed by atoms with E-state index in [1.807, 2.05) is 6.92 Å². The maximum absolute atomic E-state index is 5.36. The highest BCUT2D eigenvalue weighted by Gasteiger charge is 1.90. The molecule has 0 spiro atoms. The van der Waals surface area contributed by atoms with Crippen LogP contribution in [0.2, 0.25) is 0 Å². The second-order valence-electron chi connectivity index (χ2n) is 1.35. The first-order valence-electron chi connectivity index (χ1n) is 1.82. The van der Waals surface area contributed by atoms with Crippen LogP contribution in [-0.4, -0.2) is 0 Å². The van der Waals surface area contributed by atoms with Gasteiger partial charge in [-0.25, -0.2) is 0 Å². The highest BCUT2D eigenvalue weighted by molar-refractivity contribution is 6.29. The Kier molecular flexibility index (Phi) is 2.26. The second kappa shape index (κ2) is 2.25. The van der Waals surface area contributed by atoms with Gasteiger partial charge in [0.1, 0.15) is 0 Å². The first kappa shape index (κ1) is 6.03. The third kappa shape index (κ3) is 2.28. The third-order valence-electron chi connectivity index (χ3n) is 0.535. The van der Waals surface area contributed by atoms with Gasteiger partial charge in [-0.2, -0.15) is 0 Å². The molecule has 1 radical (unpaired) electrons. The highest BCUT2D eigenvalue weighted by atomic mass is 35.5. The number of allylic oxidation sites excluding steroid dienone is 1. The van der Waals surface area contributed by atoms with Gasteiger partial charge in [0, 0.05) is 5.03 Å². The van der Waals surface area contributed by atoms with Gasteiger partial charge in [-0.3, -0.25) is 0 Å². The van der Waals surface area contributed by atoms with E-state index >= 15 is 0 Å². The van der Waals surface area contributed by atoms with E-state index in [0.29, 0.717) is 5.03 Å². The largest absolute Gasteiger partial charge is 0.0895 e. The quantitative estimate of drug-likeness (QED) is 0.477. The zero-order valence-corrected chi connectivity index (χ0v) is 4.63. The normalized spacial score (nSPS) is 9.33. The summed E-state index contributed by atoms with van der Waals surface area (Å²) in [5.74, 6) is 0.173.